The number of carbonyl (C=O) groups excluding carboxylic acids is 1. The molecule has 0 spiro atoms. The number of rotatable bonds is 4. The van der Waals surface area contributed by atoms with Gasteiger partial charge in [0, 0.05) is 19.0 Å². The molecule has 1 saturated heterocycles. The molecule has 0 aromatic carbocycles. The molecular formula is C16H29NO2. The van der Waals surface area contributed by atoms with Crippen molar-refractivity contribution in [1.29, 1.82) is 0 Å². The SMILES string of the molecule is CC[C@@H](CC1CCCCC1)C(=O)N1CCC(O)CC1. The van der Waals surface area contributed by atoms with E-state index in [0.717, 1.165) is 44.7 Å². The third-order valence-electron chi connectivity index (χ3n) is 4.96. The molecule has 1 heterocycles. The molecule has 3 nitrogen and oxygen atoms in total. The molecular weight excluding hydrogens is 238 g/mol. The molecule has 1 atom stereocenters. The summed E-state index contributed by atoms with van der Waals surface area (Å²) >= 11 is 0. The first-order chi connectivity index (χ1) is 9.20. The maximum Gasteiger partial charge on any atom is 0.225 e. The number of carbonyl (C=O) groups is 1. The van der Waals surface area contributed by atoms with Gasteiger partial charge in [0.1, 0.15) is 0 Å². The monoisotopic (exact) mass is 267 g/mol. The van der Waals surface area contributed by atoms with Gasteiger partial charge in [0.15, 0.2) is 0 Å². The van der Waals surface area contributed by atoms with Gasteiger partial charge < -0.3 is 10.0 Å². The topological polar surface area (TPSA) is 40.5 Å². The molecule has 1 saturated carbocycles. The van der Waals surface area contributed by atoms with Crippen LogP contribution < -0.4 is 0 Å². The van der Waals surface area contributed by atoms with Gasteiger partial charge in [-0.25, -0.2) is 0 Å². The minimum absolute atomic E-state index is 0.192. The first-order valence-electron chi connectivity index (χ1n) is 8.17. The fourth-order valence-electron chi connectivity index (χ4n) is 3.61. The highest BCUT2D eigenvalue weighted by molar-refractivity contribution is 5.78. The lowest BCUT2D eigenvalue weighted by Crippen LogP contribution is -2.43. The van der Waals surface area contributed by atoms with E-state index in [1.54, 1.807) is 0 Å². The van der Waals surface area contributed by atoms with Gasteiger partial charge in [-0.05, 0) is 31.6 Å². The normalized spacial score (nSPS) is 24.4. The third kappa shape index (κ3) is 4.20. The van der Waals surface area contributed by atoms with Crippen molar-refractivity contribution < 1.29 is 9.90 Å². The molecule has 1 N–H and O–H groups in total. The Hall–Kier alpha value is -0.570. The molecule has 0 aromatic heterocycles. The van der Waals surface area contributed by atoms with E-state index in [1.807, 2.05) is 4.90 Å². The highest BCUT2D eigenvalue weighted by Crippen LogP contribution is 2.31. The number of amides is 1. The Morgan fingerprint density at radius 3 is 2.37 bits per heavy atom. The molecule has 0 bridgehead atoms. The first-order valence-corrected chi connectivity index (χ1v) is 8.17. The Bertz CT molecular complexity index is 278. The average Bonchev–Trinajstić information content (AvgIpc) is 2.46. The fourth-order valence-corrected chi connectivity index (χ4v) is 3.61. The molecule has 0 aromatic rings. The van der Waals surface area contributed by atoms with Gasteiger partial charge in [0.25, 0.3) is 0 Å². The lowest BCUT2D eigenvalue weighted by Gasteiger charge is -2.34. The minimum Gasteiger partial charge on any atom is -0.393 e. The molecule has 19 heavy (non-hydrogen) atoms. The van der Waals surface area contributed by atoms with Crippen molar-refractivity contribution in [1.82, 2.24) is 4.90 Å². The van der Waals surface area contributed by atoms with Crippen LogP contribution in [0.15, 0.2) is 0 Å². The Morgan fingerprint density at radius 1 is 1.16 bits per heavy atom. The van der Waals surface area contributed by atoms with Crippen molar-refractivity contribution >= 4 is 5.91 Å². The summed E-state index contributed by atoms with van der Waals surface area (Å²) < 4.78 is 0. The van der Waals surface area contributed by atoms with E-state index in [0.29, 0.717) is 5.91 Å². The average molecular weight is 267 g/mol. The first kappa shape index (κ1) is 14.8. The van der Waals surface area contributed by atoms with Crippen LogP contribution in [0.25, 0.3) is 0 Å². The predicted molar refractivity (Wildman–Crippen MR) is 76.8 cm³/mol. The van der Waals surface area contributed by atoms with Crippen molar-refractivity contribution in [3.05, 3.63) is 0 Å². The van der Waals surface area contributed by atoms with Crippen molar-refractivity contribution in [2.75, 3.05) is 13.1 Å². The number of piperidine rings is 1. The van der Waals surface area contributed by atoms with E-state index in [1.165, 1.54) is 32.1 Å². The fraction of sp³-hybridized carbons (Fsp3) is 0.938. The van der Waals surface area contributed by atoms with Gasteiger partial charge in [-0.15, -0.1) is 0 Å². The second kappa shape index (κ2) is 7.28. The summed E-state index contributed by atoms with van der Waals surface area (Å²) in [7, 11) is 0. The van der Waals surface area contributed by atoms with Crippen LogP contribution in [0.4, 0.5) is 0 Å². The molecule has 0 radical (unpaired) electrons. The Kier molecular flexibility index (Phi) is 5.68. The molecule has 2 aliphatic rings. The zero-order chi connectivity index (χ0) is 13.7. The summed E-state index contributed by atoms with van der Waals surface area (Å²) in [4.78, 5) is 14.5. The molecule has 1 aliphatic carbocycles. The molecule has 3 heteroatoms. The summed E-state index contributed by atoms with van der Waals surface area (Å²) in [5.41, 5.74) is 0. The zero-order valence-corrected chi connectivity index (χ0v) is 12.3. The van der Waals surface area contributed by atoms with Gasteiger partial charge in [-0.1, -0.05) is 39.0 Å². The van der Waals surface area contributed by atoms with Crippen LogP contribution >= 0.6 is 0 Å². The predicted octanol–water partition coefficient (Wildman–Crippen LogP) is 2.97. The van der Waals surface area contributed by atoms with Gasteiger partial charge in [0.05, 0.1) is 6.10 Å². The van der Waals surface area contributed by atoms with Crippen LogP contribution in [-0.4, -0.2) is 35.1 Å². The van der Waals surface area contributed by atoms with E-state index in [-0.39, 0.29) is 12.0 Å². The zero-order valence-electron chi connectivity index (χ0n) is 12.3. The summed E-state index contributed by atoms with van der Waals surface area (Å²) in [6, 6.07) is 0. The van der Waals surface area contributed by atoms with Crippen LogP contribution in [0.3, 0.4) is 0 Å². The van der Waals surface area contributed by atoms with Crippen molar-refractivity contribution in [3.63, 3.8) is 0 Å². The van der Waals surface area contributed by atoms with E-state index in [4.69, 9.17) is 0 Å². The smallest absolute Gasteiger partial charge is 0.225 e. The Morgan fingerprint density at radius 2 is 1.79 bits per heavy atom. The van der Waals surface area contributed by atoms with Crippen LogP contribution in [0.5, 0.6) is 0 Å². The molecule has 1 amide bonds. The number of likely N-dealkylation sites (tertiary alicyclic amines) is 1. The summed E-state index contributed by atoms with van der Waals surface area (Å²) in [6.07, 6.45) is 10.1. The molecule has 110 valence electrons. The van der Waals surface area contributed by atoms with Crippen LogP contribution in [0.1, 0.15) is 64.7 Å². The van der Waals surface area contributed by atoms with Crippen molar-refractivity contribution in [2.24, 2.45) is 11.8 Å². The lowest BCUT2D eigenvalue weighted by atomic mass is 9.81. The number of nitrogens with zero attached hydrogens (tertiary/aromatic N) is 1. The minimum atomic E-state index is -0.192. The summed E-state index contributed by atoms with van der Waals surface area (Å²) in [6.45, 7) is 3.65. The van der Waals surface area contributed by atoms with Crippen LogP contribution in [0.2, 0.25) is 0 Å². The summed E-state index contributed by atoms with van der Waals surface area (Å²) in [5.74, 6) is 1.34. The summed E-state index contributed by atoms with van der Waals surface area (Å²) in [5, 5.41) is 9.53. The second-order valence-corrected chi connectivity index (χ2v) is 6.40. The van der Waals surface area contributed by atoms with E-state index in [2.05, 4.69) is 6.92 Å². The van der Waals surface area contributed by atoms with Crippen LogP contribution in [0, 0.1) is 11.8 Å². The Balaban J connectivity index is 1.83. The van der Waals surface area contributed by atoms with E-state index < -0.39 is 0 Å². The highest BCUT2D eigenvalue weighted by atomic mass is 16.3. The van der Waals surface area contributed by atoms with Crippen LogP contribution in [-0.2, 0) is 4.79 Å². The van der Waals surface area contributed by atoms with Gasteiger partial charge in [0.2, 0.25) is 5.91 Å². The van der Waals surface area contributed by atoms with E-state index in [9.17, 15) is 9.90 Å². The standard InChI is InChI=1S/C16H29NO2/c1-2-14(12-13-6-4-3-5-7-13)16(19)17-10-8-15(18)9-11-17/h13-15,18H,2-12H2,1H3/t14-/m0/s1. The number of hydrogen-bond donors (Lipinski definition) is 1. The molecule has 0 unspecified atom stereocenters. The maximum absolute atomic E-state index is 12.6. The molecule has 2 rings (SSSR count). The molecule has 2 fully saturated rings. The number of aliphatic hydroxyl groups excluding tert-OH is 1. The largest absolute Gasteiger partial charge is 0.393 e. The van der Waals surface area contributed by atoms with Gasteiger partial charge in [-0.3, -0.25) is 4.79 Å². The van der Waals surface area contributed by atoms with Gasteiger partial charge in [-0.2, -0.15) is 0 Å². The highest BCUT2D eigenvalue weighted by Gasteiger charge is 2.28. The van der Waals surface area contributed by atoms with E-state index >= 15 is 0 Å². The third-order valence-corrected chi connectivity index (χ3v) is 4.96. The second-order valence-electron chi connectivity index (χ2n) is 6.40. The number of hydrogen-bond acceptors (Lipinski definition) is 2. The Labute approximate surface area is 117 Å². The van der Waals surface area contributed by atoms with Crippen molar-refractivity contribution in [2.45, 2.75) is 70.8 Å². The number of aliphatic hydroxyl groups is 1. The lowest BCUT2D eigenvalue weighted by molar-refractivity contribution is -0.138. The van der Waals surface area contributed by atoms with Crippen molar-refractivity contribution in [3.8, 4) is 0 Å². The quantitative estimate of drug-likeness (QED) is 0.850. The molecule has 1 aliphatic heterocycles. The maximum atomic E-state index is 12.6. The van der Waals surface area contributed by atoms with Gasteiger partial charge >= 0.3 is 0 Å².